The average molecular weight is 232 g/mol. The van der Waals surface area contributed by atoms with E-state index in [2.05, 4.69) is 4.90 Å². The third-order valence-electron chi connectivity index (χ3n) is 2.47. The molecule has 0 atom stereocenters. The van der Waals surface area contributed by atoms with Gasteiger partial charge in [0.25, 0.3) is 0 Å². The van der Waals surface area contributed by atoms with Gasteiger partial charge in [-0.05, 0) is 12.8 Å². The highest BCUT2D eigenvalue weighted by Crippen LogP contribution is 2.26. The summed E-state index contributed by atoms with van der Waals surface area (Å²) in [4.78, 5) is 2.95. The zero-order valence-electron chi connectivity index (χ0n) is 9.02. The van der Waals surface area contributed by atoms with E-state index in [1.807, 2.05) is 0 Å². The van der Waals surface area contributed by atoms with Gasteiger partial charge in [0.2, 0.25) is 0 Å². The molecule has 0 bridgehead atoms. The van der Waals surface area contributed by atoms with Crippen molar-refractivity contribution >= 4 is 17.2 Å². The van der Waals surface area contributed by atoms with Crippen LogP contribution in [0.2, 0.25) is 0 Å². The number of rotatable bonds is 9. The van der Waals surface area contributed by atoms with Crippen molar-refractivity contribution in [2.75, 3.05) is 32.9 Å². The number of nitrogens with two attached hydrogens (primary N) is 1. The second-order valence-electron chi connectivity index (χ2n) is 3.82. The molecule has 1 saturated carbocycles. The Balaban J connectivity index is 2.10. The van der Waals surface area contributed by atoms with Crippen LogP contribution in [0, 0.1) is 0 Å². The molecule has 0 aromatic carbocycles. The van der Waals surface area contributed by atoms with Gasteiger partial charge in [-0.25, -0.2) is 0 Å². The molecule has 0 aromatic heterocycles. The minimum Gasteiger partial charge on any atom is -0.394 e. The van der Waals surface area contributed by atoms with Crippen LogP contribution in [0.3, 0.4) is 0 Å². The Morgan fingerprint density at radius 2 is 2.13 bits per heavy atom. The van der Waals surface area contributed by atoms with Crippen molar-refractivity contribution in [1.29, 1.82) is 0 Å². The number of aliphatic hydroxyl groups is 1. The van der Waals surface area contributed by atoms with Crippen molar-refractivity contribution in [3.8, 4) is 0 Å². The highest BCUT2D eigenvalue weighted by molar-refractivity contribution is 7.80. The summed E-state index contributed by atoms with van der Waals surface area (Å²) in [7, 11) is 0. The number of hydrogen-bond acceptors (Lipinski definition) is 4. The van der Waals surface area contributed by atoms with E-state index < -0.39 is 0 Å². The first-order valence-corrected chi connectivity index (χ1v) is 5.86. The maximum atomic E-state index is 8.56. The first-order chi connectivity index (χ1) is 7.24. The Labute approximate surface area is 96.4 Å². The fraction of sp³-hybridized carbons (Fsp3) is 0.900. The van der Waals surface area contributed by atoms with Gasteiger partial charge in [-0.15, -0.1) is 0 Å². The van der Waals surface area contributed by atoms with E-state index in [1.165, 1.54) is 12.8 Å². The topological polar surface area (TPSA) is 58.7 Å². The SMILES string of the molecule is NC(=S)CCN(CCOCCO)C1CC1. The number of ether oxygens (including phenoxy) is 1. The summed E-state index contributed by atoms with van der Waals surface area (Å²) in [6.45, 7) is 3.04. The van der Waals surface area contributed by atoms with Crippen molar-refractivity contribution in [3.05, 3.63) is 0 Å². The molecule has 0 radical (unpaired) electrons. The van der Waals surface area contributed by atoms with Gasteiger partial charge in [0, 0.05) is 25.6 Å². The molecule has 1 fully saturated rings. The molecule has 15 heavy (non-hydrogen) atoms. The van der Waals surface area contributed by atoms with E-state index in [0.717, 1.165) is 19.5 Å². The van der Waals surface area contributed by atoms with E-state index >= 15 is 0 Å². The molecule has 0 unspecified atom stereocenters. The molecule has 1 aliphatic rings. The lowest BCUT2D eigenvalue weighted by molar-refractivity contribution is 0.0725. The molecular weight excluding hydrogens is 212 g/mol. The van der Waals surface area contributed by atoms with E-state index in [-0.39, 0.29) is 6.61 Å². The Kier molecular flexibility index (Phi) is 6.09. The molecule has 3 N–H and O–H groups in total. The summed E-state index contributed by atoms with van der Waals surface area (Å²) in [6, 6.07) is 0.706. The van der Waals surface area contributed by atoms with Gasteiger partial charge < -0.3 is 15.6 Å². The van der Waals surface area contributed by atoms with E-state index in [4.69, 9.17) is 27.8 Å². The van der Waals surface area contributed by atoms with Crippen LogP contribution < -0.4 is 5.73 Å². The molecule has 0 saturated heterocycles. The second-order valence-corrected chi connectivity index (χ2v) is 4.34. The van der Waals surface area contributed by atoms with Crippen molar-refractivity contribution in [2.45, 2.75) is 25.3 Å². The zero-order valence-corrected chi connectivity index (χ0v) is 9.84. The Hall–Kier alpha value is -0.230. The largest absolute Gasteiger partial charge is 0.394 e. The Morgan fingerprint density at radius 3 is 2.67 bits per heavy atom. The molecule has 0 amide bonds. The number of aliphatic hydroxyl groups excluding tert-OH is 1. The van der Waals surface area contributed by atoms with Crippen molar-refractivity contribution in [2.24, 2.45) is 5.73 Å². The summed E-state index contributed by atoms with van der Waals surface area (Å²) in [5, 5.41) is 8.56. The third-order valence-corrected chi connectivity index (χ3v) is 2.67. The van der Waals surface area contributed by atoms with Gasteiger partial charge in [0.15, 0.2) is 0 Å². The van der Waals surface area contributed by atoms with Crippen LogP contribution in [0.15, 0.2) is 0 Å². The van der Waals surface area contributed by atoms with Crippen LogP contribution >= 0.6 is 12.2 Å². The lowest BCUT2D eigenvalue weighted by Gasteiger charge is -2.21. The van der Waals surface area contributed by atoms with Crippen LogP contribution in [0.4, 0.5) is 0 Å². The summed E-state index contributed by atoms with van der Waals surface area (Å²) >= 11 is 4.86. The second kappa shape index (κ2) is 7.11. The molecule has 5 heteroatoms. The fourth-order valence-electron chi connectivity index (χ4n) is 1.52. The predicted octanol–water partition coefficient (Wildman–Crippen LogP) is 0.136. The highest BCUT2D eigenvalue weighted by atomic mass is 32.1. The van der Waals surface area contributed by atoms with Crippen molar-refractivity contribution < 1.29 is 9.84 Å². The minimum absolute atomic E-state index is 0.0936. The quantitative estimate of drug-likeness (QED) is 0.437. The van der Waals surface area contributed by atoms with Gasteiger partial charge in [-0.1, -0.05) is 12.2 Å². The van der Waals surface area contributed by atoms with Crippen LogP contribution in [-0.4, -0.2) is 53.9 Å². The minimum atomic E-state index is 0.0936. The van der Waals surface area contributed by atoms with E-state index in [1.54, 1.807) is 0 Å². The van der Waals surface area contributed by atoms with Gasteiger partial charge in [0.1, 0.15) is 0 Å². The summed E-state index contributed by atoms with van der Waals surface area (Å²) < 4.78 is 5.24. The van der Waals surface area contributed by atoms with Crippen molar-refractivity contribution in [3.63, 3.8) is 0 Å². The smallest absolute Gasteiger partial charge is 0.0740 e. The van der Waals surface area contributed by atoms with E-state index in [0.29, 0.717) is 24.2 Å². The highest BCUT2D eigenvalue weighted by Gasteiger charge is 2.28. The fourth-order valence-corrected chi connectivity index (χ4v) is 1.61. The Bertz CT molecular complexity index is 198. The molecular formula is C10H20N2O2S. The number of thiocarbonyl (C=S) groups is 1. The van der Waals surface area contributed by atoms with Gasteiger partial charge in [-0.2, -0.15) is 0 Å². The van der Waals surface area contributed by atoms with Crippen LogP contribution in [-0.2, 0) is 4.74 Å². The summed E-state index contributed by atoms with van der Waals surface area (Å²) in [6.07, 6.45) is 3.33. The van der Waals surface area contributed by atoms with Crippen molar-refractivity contribution in [1.82, 2.24) is 4.90 Å². The first-order valence-electron chi connectivity index (χ1n) is 5.45. The molecule has 88 valence electrons. The molecule has 0 aromatic rings. The molecule has 0 aliphatic heterocycles. The number of nitrogens with zero attached hydrogens (tertiary/aromatic N) is 1. The summed E-state index contributed by atoms with van der Waals surface area (Å²) in [5.74, 6) is 0. The van der Waals surface area contributed by atoms with E-state index in [9.17, 15) is 0 Å². The van der Waals surface area contributed by atoms with Gasteiger partial charge in [0.05, 0.1) is 24.8 Å². The lowest BCUT2D eigenvalue weighted by Crippen LogP contribution is -2.33. The van der Waals surface area contributed by atoms with Crippen LogP contribution in [0.1, 0.15) is 19.3 Å². The molecule has 0 heterocycles. The Morgan fingerprint density at radius 1 is 1.40 bits per heavy atom. The van der Waals surface area contributed by atoms with Gasteiger partial charge >= 0.3 is 0 Å². The molecule has 0 spiro atoms. The maximum Gasteiger partial charge on any atom is 0.0740 e. The maximum absolute atomic E-state index is 8.56. The van der Waals surface area contributed by atoms with Crippen LogP contribution in [0.5, 0.6) is 0 Å². The average Bonchev–Trinajstić information content (AvgIpc) is 3.00. The van der Waals surface area contributed by atoms with Gasteiger partial charge in [-0.3, -0.25) is 4.90 Å². The standard InChI is InChI=1S/C10H20N2O2S/c11-10(15)3-4-12(9-1-2-9)5-7-14-8-6-13/h9,13H,1-8H2,(H2,11,15). The predicted molar refractivity (Wildman–Crippen MR) is 63.9 cm³/mol. The lowest BCUT2D eigenvalue weighted by atomic mass is 10.3. The zero-order chi connectivity index (χ0) is 11.1. The summed E-state index contributed by atoms with van der Waals surface area (Å²) in [5.41, 5.74) is 5.48. The molecule has 1 rings (SSSR count). The number of hydrogen-bond donors (Lipinski definition) is 2. The third kappa shape index (κ3) is 6.04. The normalized spacial score (nSPS) is 15.9. The molecule has 1 aliphatic carbocycles. The monoisotopic (exact) mass is 232 g/mol. The first kappa shape index (κ1) is 12.8. The molecule has 4 nitrogen and oxygen atoms in total. The van der Waals surface area contributed by atoms with Crippen LogP contribution in [0.25, 0.3) is 0 Å².